The molecule has 0 atom stereocenters. The molecule has 2 aromatic rings. The summed E-state index contributed by atoms with van der Waals surface area (Å²) in [6.07, 6.45) is 2.56. The second-order valence-corrected chi connectivity index (χ2v) is 4.99. The van der Waals surface area contributed by atoms with Gasteiger partial charge in [0.1, 0.15) is 5.75 Å². The number of rotatable bonds is 5. The van der Waals surface area contributed by atoms with Crippen LogP contribution in [-0.4, -0.2) is 23.8 Å². The highest BCUT2D eigenvalue weighted by atomic mass is 16.5. The summed E-state index contributed by atoms with van der Waals surface area (Å²) in [5, 5.41) is 0. The van der Waals surface area contributed by atoms with Crippen LogP contribution in [0.5, 0.6) is 17.2 Å². The largest absolute Gasteiger partial charge is 0.493 e. The smallest absolute Gasteiger partial charge is 0.253 e. The van der Waals surface area contributed by atoms with Crippen LogP contribution in [0.25, 0.3) is 0 Å². The molecule has 0 radical (unpaired) electrons. The van der Waals surface area contributed by atoms with Gasteiger partial charge in [0.05, 0.1) is 13.7 Å². The van der Waals surface area contributed by atoms with E-state index in [1.807, 2.05) is 36.4 Å². The zero-order chi connectivity index (χ0) is 16.2. The Hall–Kier alpha value is -3.08. The summed E-state index contributed by atoms with van der Waals surface area (Å²) in [6.45, 7) is 0.250. The third-order valence-corrected chi connectivity index (χ3v) is 3.46. The Morgan fingerprint density at radius 3 is 2.09 bits per heavy atom. The molecule has 116 valence electrons. The Kier molecular flexibility index (Phi) is 4.10. The van der Waals surface area contributed by atoms with E-state index in [-0.39, 0.29) is 18.4 Å². The third-order valence-electron chi connectivity index (χ3n) is 3.46. The molecular weight excluding hydrogens is 294 g/mol. The van der Waals surface area contributed by atoms with E-state index < -0.39 is 0 Å². The normalized spacial score (nSPS) is 13.5. The van der Waals surface area contributed by atoms with Gasteiger partial charge in [-0.05, 0) is 29.8 Å². The topological polar surface area (TPSA) is 55.8 Å². The lowest BCUT2D eigenvalue weighted by Crippen LogP contribution is -2.29. The second-order valence-electron chi connectivity index (χ2n) is 4.99. The summed E-state index contributed by atoms with van der Waals surface area (Å²) < 4.78 is 11.0. The number of carbonyl (C=O) groups excluding carboxylic acids is 2. The van der Waals surface area contributed by atoms with Crippen LogP contribution in [0.15, 0.2) is 60.7 Å². The molecule has 1 aliphatic heterocycles. The number of ether oxygens (including phenoxy) is 2. The number of imide groups is 1. The fourth-order valence-electron chi connectivity index (χ4n) is 2.26. The van der Waals surface area contributed by atoms with E-state index in [9.17, 15) is 9.59 Å². The van der Waals surface area contributed by atoms with Crippen LogP contribution in [0.3, 0.4) is 0 Å². The predicted octanol–water partition coefficient (Wildman–Crippen LogP) is 2.91. The quantitative estimate of drug-likeness (QED) is 0.797. The van der Waals surface area contributed by atoms with Gasteiger partial charge in [-0.1, -0.05) is 24.3 Å². The zero-order valence-electron chi connectivity index (χ0n) is 12.6. The molecule has 5 heteroatoms. The van der Waals surface area contributed by atoms with Crippen LogP contribution in [0.4, 0.5) is 0 Å². The summed E-state index contributed by atoms with van der Waals surface area (Å²) in [5.41, 5.74) is 0.850. The highest BCUT2D eigenvalue weighted by Gasteiger charge is 2.23. The summed E-state index contributed by atoms with van der Waals surface area (Å²) in [7, 11) is 1.59. The summed E-state index contributed by atoms with van der Waals surface area (Å²) in [4.78, 5) is 24.3. The number of hydrogen-bond acceptors (Lipinski definition) is 4. The number of amides is 2. The van der Waals surface area contributed by atoms with Crippen molar-refractivity contribution in [2.45, 2.75) is 6.54 Å². The zero-order valence-corrected chi connectivity index (χ0v) is 12.6. The van der Waals surface area contributed by atoms with Gasteiger partial charge in [0.25, 0.3) is 11.8 Å². The molecule has 1 aliphatic rings. The summed E-state index contributed by atoms with van der Waals surface area (Å²) in [5.74, 6) is 1.34. The number of carbonyl (C=O) groups is 2. The molecule has 0 unspecified atom stereocenters. The Morgan fingerprint density at radius 1 is 0.870 bits per heavy atom. The van der Waals surface area contributed by atoms with E-state index in [0.717, 1.165) is 5.56 Å². The van der Waals surface area contributed by atoms with Gasteiger partial charge in [-0.2, -0.15) is 0 Å². The van der Waals surface area contributed by atoms with Gasteiger partial charge < -0.3 is 9.47 Å². The fourth-order valence-corrected chi connectivity index (χ4v) is 2.26. The third kappa shape index (κ3) is 3.23. The molecule has 0 bridgehead atoms. The van der Waals surface area contributed by atoms with Crippen molar-refractivity contribution in [1.29, 1.82) is 0 Å². The molecule has 0 spiro atoms. The molecule has 1 heterocycles. The van der Waals surface area contributed by atoms with Gasteiger partial charge in [0, 0.05) is 12.2 Å². The van der Waals surface area contributed by atoms with Gasteiger partial charge >= 0.3 is 0 Å². The lowest BCUT2D eigenvalue weighted by Gasteiger charge is -2.14. The standard InChI is InChI=1S/C18H15NO4/c1-22-15-4-2-3-5-16(15)23-14-8-6-13(7-9-14)12-19-17(20)10-11-18(19)21/h2-11H,12H2,1H3. The number of benzene rings is 2. The number of methoxy groups -OCH3 is 1. The fraction of sp³-hybridized carbons (Fsp3) is 0.111. The molecule has 0 fully saturated rings. The molecule has 2 amide bonds. The lowest BCUT2D eigenvalue weighted by atomic mass is 10.2. The van der Waals surface area contributed by atoms with E-state index in [1.54, 1.807) is 19.2 Å². The van der Waals surface area contributed by atoms with E-state index in [1.165, 1.54) is 17.1 Å². The molecular formula is C18H15NO4. The minimum atomic E-state index is -0.288. The van der Waals surface area contributed by atoms with Crippen molar-refractivity contribution in [3.63, 3.8) is 0 Å². The maximum absolute atomic E-state index is 11.5. The first-order valence-corrected chi connectivity index (χ1v) is 7.11. The van der Waals surface area contributed by atoms with Gasteiger partial charge in [-0.15, -0.1) is 0 Å². The first-order chi connectivity index (χ1) is 11.2. The van der Waals surface area contributed by atoms with E-state index in [2.05, 4.69) is 0 Å². The number of para-hydroxylation sites is 2. The van der Waals surface area contributed by atoms with Crippen molar-refractivity contribution in [2.75, 3.05) is 7.11 Å². The number of hydrogen-bond donors (Lipinski definition) is 0. The van der Waals surface area contributed by atoms with Crippen LogP contribution in [0.1, 0.15) is 5.56 Å². The summed E-state index contributed by atoms with van der Waals surface area (Å²) >= 11 is 0. The molecule has 2 aromatic carbocycles. The van der Waals surface area contributed by atoms with Crippen LogP contribution >= 0.6 is 0 Å². The molecule has 0 saturated carbocycles. The molecule has 0 N–H and O–H groups in total. The van der Waals surface area contributed by atoms with Crippen molar-refractivity contribution >= 4 is 11.8 Å². The van der Waals surface area contributed by atoms with Crippen molar-refractivity contribution < 1.29 is 19.1 Å². The second kappa shape index (κ2) is 6.36. The van der Waals surface area contributed by atoms with Crippen LogP contribution in [0, 0.1) is 0 Å². The Bertz CT molecular complexity index is 747. The number of nitrogens with zero attached hydrogens (tertiary/aromatic N) is 1. The maximum atomic E-state index is 11.5. The summed E-state index contributed by atoms with van der Waals surface area (Å²) in [6, 6.07) is 14.6. The van der Waals surface area contributed by atoms with E-state index >= 15 is 0 Å². The molecule has 0 aliphatic carbocycles. The molecule has 23 heavy (non-hydrogen) atoms. The van der Waals surface area contributed by atoms with Gasteiger partial charge in [-0.25, -0.2) is 0 Å². The minimum Gasteiger partial charge on any atom is -0.493 e. The maximum Gasteiger partial charge on any atom is 0.253 e. The molecule has 5 nitrogen and oxygen atoms in total. The highest BCUT2D eigenvalue weighted by molar-refractivity contribution is 6.12. The van der Waals surface area contributed by atoms with Crippen molar-refractivity contribution in [3.8, 4) is 17.2 Å². The van der Waals surface area contributed by atoms with Gasteiger partial charge in [0.15, 0.2) is 11.5 Å². The first kappa shape index (κ1) is 14.8. The average Bonchev–Trinajstić information content (AvgIpc) is 2.89. The first-order valence-electron chi connectivity index (χ1n) is 7.11. The molecule has 0 aromatic heterocycles. The van der Waals surface area contributed by atoms with E-state index in [0.29, 0.717) is 17.2 Å². The Balaban J connectivity index is 1.70. The lowest BCUT2D eigenvalue weighted by molar-refractivity contribution is -0.137. The van der Waals surface area contributed by atoms with Crippen molar-refractivity contribution in [2.24, 2.45) is 0 Å². The average molecular weight is 309 g/mol. The predicted molar refractivity (Wildman–Crippen MR) is 84.2 cm³/mol. The van der Waals surface area contributed by atoms with E-state index in [4.69, 9.17) is 9.47 Å². The SMILES string of the molecule is COc1ccccc1Oc1ccc(CN2C(=O)C=CC2=O)cc1. The minimum absolute atomic E-state index is 0.250. The van der Waals surface area contributed by atoms with Crippen LogP contribution < -0.4 is 9.47 Å². The van der Waals surface area contributed by atoms with Crippen LogP contribution in [0.2, 0.25) is 0 Å². The molecule has 3 rings (SSSR count). The molecule has 0 saturated heterocycles. The van der Waals surface area contributed by atoms with Crippen LogP contribution in [-0.2, 0) is 16.1 Å². The van der Waals surface area contributed by atoms with Gasteiger partial charge in [-0.3, -0.25) is 14.5 Å². The van der Waals surface area contributed by atoms with Gasteiger partial charge in [0.2, 0.25) is 0 Å². The Labute approximate surface area is 133 Å². The Morgan fingerprint density at radius 2 is 1.48 bits per heavy atom. The van der Waals surface area contributed by atoms with Crippen molar-refractivity contribution in [3.05, 3.63) is 66.2 Å². The van der Waals surface area contributed by atoms with Crippen molar-refractivity contribution in [1.82, 2.24) is 4.90 Å². The monoisotopic (exact) mass is 309 g/mol. The highest BCUT2D eigenvalue weighted by Crippen LogP contribution is 2.31.